The molecular formula is C20H23N3O2. The Balaban J connectivity index is 1.77. The summed E-state index contributed by atoms with van der Waals surface area (Å²) in [6, 6.07) is 9.80. The average molecular weight is 337 g/mol. The molecule has 0 aliphatic carbocycles. The van der Waals surface area contributed by atoms with Crippen LogP contribution in [0.15, 0.2) is 42.7 Å². The largest absolute Gasteiger partial charge is 0.347 e. The van der Waals surface area contributed by atoms with Gasteiger partial charge in [-0.1, -0.05) is 24.3 Å². The van der Waals surface area contributed by atoms with Crippen molar-refractivity contribution in [2.24, 2.45) is 0 Å². The molecule has 5 nitrogen and oxygen atoms in total. The second-order valence-corrected chi connectivity index (χ2v) is 7.41. The predicted molar refractivity (Wildman–Crippen MR) is 96.3 cm³/mol. The van der Waals surface area contributed by atoms with Crippen molar-refractivity contribution in [1.29, 1.82) is 0 Å². The fourth-order valence-electron chi connectivity index (χ4n) is 2.95. The maximum absolute atomic E-state index is 12.8. The van der Waals surface area contributed by atoms with Gasteiger partial charge in [-0.3, -0.25) is 14.6 Å². The summed E-state index contributed by atoms with van der Waals surface area (Å²) < 4.78 is 0. The number of amides is 2. The smallest absolute Gasteiger partial charge is 0.255 e. The highest BCUT2D eigenvalue weighted by Crippen LogP contribution is 2.20. The number of nitrogens with zero attached hydrogens (tertiary/aromatic N) is 2. The van der Waals surface area contributed by atoms with Crippen LogP contribution in [0.4, 0.5) is 0 Å². The molecule has 0 atom stereocenters. The van der Waals surface area contributed by atoms with Crippen LogP contribution in [0.2, 0.25) is 0 Å². The lowest BCUT2D eigenvalue weighted by atomic mass is 9.99. The van der Waals surface area contributed by atoms with E-state index in [1.54, 1.807) is 6.07 Å². The van der Waals surface area contributed by atoms with E-state index in [9.17, 15) is 9.59 Å². The molecule has 0 spiro atoms. The fourth-order valence-corrected chi connectivity index (χ4v) is 2.95. The van der Waals surface area contributed by atoms with Crippen molar-refractivity contribution < 1.29 is 9.59 Å². The highest BCUT2D eigenvalue weighted by Gasteiger charge is 2.23. The molecule has 0 unspecified atom stereocenters. The summed E-state index contributed by atoms with van der Waals surface area (Å²) in [6.45, 7) is 7.01. The minimum absolute atomic E-state index is 0.0904. The van der Waals surface area contributed by atoms with Crippen molar-refractivity contribution in [2.75, 3.05) is 6.54 Å². The highest BCUT2D eigenvalue weighted by atomic mass is 16.2. The lowest BCUT2D eigenvalue weighted by molar-refractivity contribution is 0.0734. The molecule has 130 valence electrons. The summed E-state index contributed by atoms with van der Waals surface area (Å²) in [7, 11) is 0. The first-order chi connectivity index (χ1) is 11.8. The molecule has 1 aliphatic heterocycles. The quantitative estimate of drug-likeness (QED) is 0.916. The van der Waals surface area contributed by atoms with Crippen LogP contribution in [0, 0.1) is 0 Å². The summed E-state index contributed by atoms with van der Waals surface area (Å²) in [5.74, 6) is -0.314. The zero-order valence-electron chi connectivity index (χ0n) is 14.9. The number of carbonyl (C=O) groups excluding carboxylic acids is 2. The average Bonchev–Trinajstić information content (AvgIpc) is 2.59. The van der Waals surface area contributed by atoms with E-state index in [0.717, 1.165) is 6.42 Å². The summed E-state index contributed by atoms with van der Waals surface area (Å²) in [4.78, 5) is 31.0. The van der Waals surface area contributed by atoms with Gasteiger partial charge in [-0.25, -0.2) is 0 Å². The lowest BCUT2D eigenvalue weighted by Gasteiger charge is -2.29. The Morgan fingerprint density at radius 3 is 2.48 bits per heavy atom. The number of fused-ring (bicyclic) bond motifs is 1. The standard InChI is InChI=1S/C20H23N3O2/c1-20(2,3)22-18(24)16-10-17(12-21-11-16)19(25)23-9-8-14-6-4-5-7-15(14)13-23/h4-7,10-12H,8-9,13H2,1-3H3,(H,22,24). The zero-order valence-corrected chi connectivity index (χ0v) is 14.9. The van der Waals surface area contributed by atoms with E-state index in [-0.39, 0.29) is 17.4 Å². The normalized spacial score (nSPS) is 14.0. The van der Waals surface area contributed by atoms with Crippen molar-refractivity contribution in [3.8, 4) is 0 Å². The van der Waals surface area contributed by atoms with E-state index in [1.165, 1.54) is 23.5 Å². The van der Waals surface area contributed by atoms with Gasteiger partial charge in [0.25, 0.3) is 11.8 Å². The molecule has 0 bridgehead atoms. The van der Waals surface area contributed by atoms with Gasteiger partial charge in [-0.2, -0.15) is 0 Å². The predicted octanol–water partition coefficient (Wildman–Crippen LogP) is 2.81. The number of hydrogen-bond donors (Lipinski definition) is 1. The van der Waals surface area contributed by atoms with Gasteiger partial charge in [0.1, 0.15) is 0 Å². The molecule has 0 fully saturated rings. The molecule has 5 heteroatoms. The molecule has 0 saturated carbocycles. The molecule has 0 radical (unpaired) electrons. The molecule has 1 aromatic carbocycles. The molecule has 0 saturated heterocycles. The first-order valence-electron chi connectivity index (χ1n) is 8.47. The monoisotopic (exact) mass is 337 g/mol. The van der Waals surface area contributed by atoms with E-state index in [0.29, 0.717) is 24.2 Å². The molecule has 3 rings (SSSR count). The van der Waals surface area contributed by atoms with E-state index in [1.807, 2.05) is 37.8 Å². The summed E-state index contributed by atoms with van der Waals surface area (Å²) in [5, 5.41) is 2.89. The third kappa shape index (κ3) is 4.05. The lowest BCUT2D eigenvalue weighted by Crippen LogP contribution is -2.40. The molecular weight excluding hydrogens is 314 g/mol. The third-order valence-electron chi connectivity index (χ3n) is 4.15. The van der Waals surface area contributed by atoms with E-state index in [4.69, 9.17) is 0 Å². The summed E-state index contributed by atoms with van der Waals surface area (Å²) in [6.07, 6.45) is 3.86. The first kappa shape index (κ1) is 17.1. The van der Waals surface area contributed by atoms with Gasteiger partial charge < -0.3 is 10.2 Å². The van der Waals surface area contributed by atoms with Crippen LogP contribution in [-0.4, -0.2) is 33.8 Å². The molecule has 1 aromatic heterocycles. The van der Waals surface area contributed by atoms with Crippen LogP contribution in [0.1, 0.15) is 52.6 Å². The van der Waals surface area contributed by atoms with Crippen LogP contribution in [0.25, 0.3) is 0 Å². The second kappa shape index (κ2) is 6.67. The molecule has 1 N–H and O–H groups in total. The Kier molecular flexibility index (Phi) is 4.57. The third-order valence-corrected chi connectivity index (χ3v) is 4.15. The number of hydrogen-bond acceptors (Lipinski definition) is 3. The molecule has 2 heterocycles. The SMILES string of the molecule is CC(C)(C)NC(=O)c1cncc(C(=O)N2CCc3ccccc3C2)c1. The summed E-state index contributed by atoms with van der Waals surface area (Å²) >= 11 is 0. The van der Waals surface area contributed by atoms with Gasteiger partial charge in [-0.15, -0.1) is 0 Å². The Hall–Kier alpha value is -2.69. The maximum atomic E-state index is 12.8. The number of carbonyl (C=O) groups is 2. The second-order valence-electron chi connectivity index (χ2n) is 7.41. The van der Waals surface area contributed by atoms with E-state index >= 15 is 0 Å². The maximum Gasteiger partial charge on any atom is 0.255 e. The Labute approximate surface area is 148 Å². The molecule has 1 aliphatic rings. The van der Waals surface area contributed by atoms with Gasteiger partial charge in [0.15, 0.2) is 0 Å². The van der Waals surface area contributed by atoms with Crippen LogP contribution in [0.5, 0.6) is 0 Å². The Morgan fingerprint density at radius 1 is 1.08 bits per heavy atom. The van der Waals surface area contributed by atoms with Gasteiger partial charge in [0.2, 0.25) is 0 Å². The van der Waals surface area contributed by atoms with Crippen LogP contribution in [-0.2, 0) is 13.0 Å². The van der Waals surface area contributed by atoms with Crippen LogP contribution >= 0.6 is 0 Å². The number of nitrogens with one attached hydrogen (secondary N) is 1. The number of pyridine rings is 1. The number of aromatic nitrogens is 1. The van der Waals surface area contributed by atoms with Crippen LogP contribution in [0.3, 0.4) is 0 Å². The van der Waals surface area contributed by atoms with Crippen LogP contribution < -0.4 is 5.32 Å². The van der Waals surface area contributed by atoms with E-state index in [2.05, 4.69) is 22.4 Å². The highest BCUT2D eigenvalue weighted by molar-refractivity contribution is 5.99. The number of rotatable bonds is 2. The van der Waals surface area contributed by atoms with Crippen molar-refractivity contribution in [3.63, 3.8) is 0 Å². The Morgan fingerprint density at radius 2 is 1.76 bits per heavy atom. The van der Waals surface area contributed by atoms with Gasteiger partial charge >= 0.3 is 0 Å². The molecule has 2 aromatic rings. The first-order valence-corrected chi connectivity index (χ1v) is 8.47. The van der Waals surface area contributed by atoms with Crippen molar-refractivity contribution in [2.45, 2.75) is 39.3 Å². The molecule has 25 heavy (non-hydrogen) atoms. The minimum Gasteiger partial charge on any atom is -0.347 e. The van der Waals surface area contributed by atoms with Crippen molar-refractivity contribution >= 4 is 11.8 Å². The van der Waals surface area contributed by atoms with Crippen molar-refractivity contribution in [3.05, 3.63) is 65.0 Å². The zero-order chi connectivity index (χ0) is 18.0. The minimum atomic E-state index is -0.340. The summed E-state index contributed by atoms with van der Waals surface area (Å²) in [5.41, 5.74) is 2.98. The van der Waals surface area contributed by atoms with Gasteiger partial charge in [-0.05, 0) is 44.4 Å². The topological polar surface area (TPSA) is 62.3 Å². The fraction of sp³-hybridized carbons (Fsp3) is 0.350. The van der Waals surface area contributed by atoms with Gasteiger partial charge in [0.05, 0.1) is 11.1 Å². The Bertz CT molecular complexity index is 809. The van der Waals surface area contributed by atoms with Gasteiger partial charge in [0, 0.05) is 31.0 Å². The number of benzene rings is 1. The van der Waals surface area contributed by atoms with E-state index < -0.39 is 0 Å². The van der Waals surface area contributed by atoms with Crippen molar-refractivity contribution in [1.82, 2.24) is 15.2 Å². The molecule has 2 amide bonds.